The molecule has 0 heterocycles. The summed E-state index contributed by atoms with van der Waals surface area (Å²) in [6.45, 7) is 1.59. The van der Waals surface area contributed by atoms with Crippen LogP contribution in [0.2, 0.25) is 0 Å². The Balaban J connectivity index is 2.96. The summed E-state index contributed by atoms with van der Waals surface area (Å²) in [5.41, 5.74) is 5.66. The van der Waals surface area contributed by atoms with E-state index in [4.69, 9.17) is 15.9 Å². The van der Waals surface area contributed by atoms with Gasteiger partial charge in [-0.25, -0.2) is 4.79 Å². The molecule has 0 aliphatic carbocycles. The smallest absolute Gasteiger partial charge is 0.319 e. The Morgan fingerprint density at radius 3 is 2.29 bits per heavy atom. The minimum Gasteiger partial charge on any atom is -0.508 e. The molecule has 0 saturated heterocycles. The van der Waals surface area contributed by atoms with Gasteiger partial charge in [0.15, 0.2) is 0 Å². The fourth-order valence-electron chi connectivity index (χ4n) is 1.56. The maximum Gasteiger partial charge on any atom is 0.319 e. The number of rotatable bonds is 4. The number of carboxylic acids is 1. The van der Waals surface area contributed by atoms with Gasteiger partial charge >= 0.3 is 12.0 Å². The van der Waals surface area contributed by atoms with Crippen molar-refractivity contribution in [1.82, 2.24) is 0 Å². The predicted molar refractivity (Wildman–Crippen MR) is 61.9 cm³/mol. The molecule has 92 valence electrons. The largest absolute Gasteiger partial charge is 0.508 e. The Morgan fingerprint density at radius 1 is 1.35 bits per heavy atom. The minimum absolute atomic E-state index is 0.0593. The molecule has 0 aliphatic heterocycles. The zero-order valence-corrected chi connectivity index (χ0v) is 9.33. The molecule has 1 aromatic carbocycles. The Labute approximate surface area is 98.3 Å². The molecule has 0 aliphatic rings. The molecule has 0 bridgehead atoms. The highest BCUT2D eigenvalue weighted by Crippen LogP contribution is 2.21. The molecule has 4 N–H and O–H groups in total. The molecule has 2 amide bonds. The second-order valence-corrected chi connectivity index (χ2v) is 3.67. The minimum atomic E-state index is -1.01. The number of nitrogens with zero attached hydrogens (tertiary/aromatic N) is 1. The standard InChI is InChI=1S/C11H14N2O4/c1-7(6-10(15)16)13(11(12)17)8-2-4-9(14)5-3-8/h2-5,7,14H,6H2,1H3,(H2,12,17)(H,15,16). The third-order valence-corrected chi connectivity index (χ3v) is 2.28. The van der Waals surface area contributed by atoms with Crippen molar-refractivity contribution in [3.8, 4) is 5.75 Å². The molecule has 17 heavy (non-hydrogen) atoms. The van der Waals surface area contributed by atoms with Gasteiger partial charge < -0.3 is 15.9 Å². The molecule has 1 atom stereocenters. The fourth-order valence-corrected chi connectivity index (χ4v) is 1.56. The van der Waals surface area contributed by atoms with Gasteiger partial charge in [-0.05, 0) is 31.2 Å². The number of primary amides is 1. The van der Waals surface area contributed by atoms with E-state index in [0.29, 0.717) is 5.69 Å². The van der Waals surface area contributed by atoms with E-state index in [1.54, 1.807) is 6.92 Å². The number of urea groups is 1. The molecule has 0 fully saturated rings. The van der Waals surface area contributed by atoms with Gasteiger partial charge in [0.2, 0.25) is 0 Å². The Bertz CT molecular complexity index is 416. The molecule has 6 nitrogen and oxygen atoms in total. The van der Waals surface area contributed by atoms with Crippen molar-refractivity contribution in [1.29, 1.82) is 0 Å². The number of phenolic OH excluding ortho intramolecular Hbond substituents is 1. The van der Waals surface area contributed by atoms with Crippen molar-refractivity contribution < 1.29 is 19.8 Å². The highest BCUT2D eigenvalue weighted by molar-refractivity contribution is 5.92. The average Bonchev–Trinajstić information content (AvgIpc) is 2.19. The summed E-state index contributed by atoms with van der Waals surface area (Å²) in [4.78, 5) is 23.1. The van der Waals surface area contributed by atoms with Crippen molar-refractivity contribution in [3.63, 3.8) is 0 Å². The summed E-state index contributed by atoms with van der Waals surface area (Å²) in [6.07, 6.45) is -0.205. The van der Waals surface area contributed by atoms with Gasteiger partial charge in [0.05, 0.1) is 6.42 Å². The van der Waals surface area contributed by atoms with Crippen LogP contribution in [0.5, 0.6) is 5.75 Å². The number of hydrogen-bond donors (Lipinski definition) is 3. The summed E-state index contributed by atoms with van der Waals surface area (Å²) < 4.78 is 0. The number of aliphatic carboxylic acids is 1. The van der Waals surface area contributed by atoms with Crippen LogP contribution in [-0.4, -0.2) is 28.3 Å². The van der Waals surface area contributed by atoms with Gasteiger partial charge in [0.1, 0.15) is 5.75 Å². The zero-order chi connectivity index (χ0) is 13.0. The second-order valence-electron chi connectivity index (χ2n) is 3.67. The average molecular weight is 238 g/mol. The van der Waals surface area contributed by atoms with Gasteiger partial charge in [0.25, 0.3) is 0 Å². The number of phenols is 1. The van der Waals surface area contributed by atoms with Crippen molar-refractivity contribution in [3.05, 3.63) is 24.3 Å². The van der Waals surface area contributed by atoms with Crippen molar-refractivity contribution in [2.45, 2.75) is 19.4 Å². The molecule has 1 unspecified atom stereocenters. The first-order valence-electron chi connectivity index (χ1n) is 5.01. The van der Waals surface area contributed by atoms with Gasteiger partial charge in [0, 0.05) is 11.7 Å². The van der Waals surface area contributed by atoms with Crippen LogP contribution in [-0.2, 0) is 4.79 Å². The summed E-state index contributed by atoms with van der Waals surface area (Å²) in [7, 11) is 0. The summed E-state index contributed by atoms with van der Waals surface area (Å²) >= 11 is 0. The molecule has 0 radical (unpaired) electrons. The summed E-state index contributed by atoms with van der Waals surface area (Å²) in [5.74, 6) is -0.952. The lowest BCUT2D eigenvalue weighted by Crippen LogP contribution is -2.43. The Kier molecular flexibility index (Phi) is 3.92. The van der Waals surface area contributed by atoms with Crippen LogP contribution in [0, 0.1) is 0 Å². The molecule has 0 spiro atoms. The molecule has 6 heteroatoms. The van der Waals surface area contributed by atoms with Crippen molar-refractivity contribution >= 4 is 17.7 Å². The quantitative estimate of drug-likeness (QED) is 0.731. The van der Waals surface area contributed by atoms with Crippen LogP contribution in [0.15, 0.2) is 24.3 Å². The van der Waals surface area contributed by atoms with Gasteiger partial charge in [-0.1, -0.05) is 0 Å². The Morgan fingerprint density at radius 2 is 1.88 bits per heavy atom. The first-order chi connectivity index (χ1) is 7.91. The lowest BCUT2D eigenvalue weighted by atomic mass is 10.2. The number of anilines is 1. The number of carbonyl (C=O) groups excluding carboxylic acids is 1. The summed E-state index contributed by atoms with van der Waals surface area (Å²) in [5, 5.41) is 17.8. The third-order valence-electron chi connectivity index (χ3n) is 2.28. The molecule has 1 rings (SSSR count). The highest BCUT2D eigenvalue weighted by Gasteiger charge is 2.21. The van der Waals surface area contributed by atoms with Gasteiger partial charge in [-0.15, -0.1) is 0 Å². The van der Waals surface area contributed by atoms with Gasteiger partial charge in [-0.2, -0.15) is 0 Å². The van der Waals surface area contributed by atoms with Crippen LogP contribution in [0.1, 0.15) is 13.3 Å². The molecule has 0 saturated carbocycles. The molecule has 0 aromatic heterocycles. The SMILES string of the molecule is CC(CC(=O)O)N(C(N)=O)c1ccc(O)cc1. The molecular weight excluding hydrogens is 224 g/mol. The maximum atomic E-state index is 11.3. The van der Waals surface area contributed by atoms with E-state index >= 15 is 0 Å². The van der Waals surface area contributed by atoms with E-state index in [9.17, 15) is 9.59 Å². The number of benzene rings is 1. The highest BCUT2D eigenvalue weighted by atomic mass is 16.4. The first-order valence-corrected chi connectivity index (χ1v) is 5.01. The number of amides is 2. The normalized spacial score (nSPS) is 11.8. The maximum absolute atomic E-state index is 11.3. The zero-order valence-electron chi connectivity index (χ0n) is 9.33. The van der Waals surface area contributed by atoms with E-state index < -0.39 is 18.0 Å². The summed E-state index contributed by atoms with van der Waals surface area (Å²) in [6, 6.07) is 4.51. The van der Waals surface area contributed by atoms with Crippen LogP contribution in [0.3, 0.4) is 0 Å². The van der Waals surface area contributed by atoms with E-state index in [1.807, 2.05) is 0 Å². The lowest BCUT2D eigenvalue weighted by molar-refractivity contribution is -0.137. The number of carboxylic acid groups (broad SMARTS) is 1. The van der Waals surface area contributed by atoms with Crippen LogP contribution < -0.4 is 10.6 Å². The monoisotopic (exact) mass is 238 g/mol. The van der Waals surface area contributed by atoms with E-state index in [0.717, 1.165) is 0 Å². The van der Waals surface area contributed by atoms with Crippen LogP contribution in [0.25, 0.3) is 0 Å². The van der Waals surface area contributed by atoms with Crippen molar-refractivity contribution in [2.75, 3.05) is 4.90 Å². The number of hydrogen-bond acceptors (Lipinski definition) is 3. The third kappa shape index (κ3) is 3.37. The van der Waals surface area contributed by atoms with Gasteiger partial charge in [-0.3, -0.25) is 9.69 Å². The van der Waals surface area contributed by atoms with Crippen LogP contribution >= 0.6 is 0 Å². The Hall–Kier alpha value is -2.24. The van der Waals surface area contributed by atoms with Crippen molar-refractivity contribution in [2.24, 2.45) is 5.73 Å². The topological polar surface area (TPSA) is 104 Å². The lowest BCUT2D eigenvalue weighted by Gasteiger charge is -2.26. The number of aromatic hydroxyl groups is 1. The first kappa shape index (κ1) is 12.8. The van der Waals surface area contributed by atoms with E-state index in [-0.39, 0.29) is 12.2 Å². The number of nitrogens with two attached hydrogens (primary N) is 1. The molecular formula is C11H14N2O4. The number of carbonyl (C=O) groups is 2. The fraction of sp³-hybridized carbons (Fsp3) is 0.273. The predicted octanol–water partition coefficient (Wildman–Crippen LogP) is 1.14. The van der Waals surface area contributed by atoms with Crippen LogP contribution in [0.4, 0.5) is 10.5 Å². The second kappa shape index (κ2) is 5.20. The van der Waals surface area contributed by atoms with E-state index in [2.05, 4.69) is 0 Å². The molecule has 1 aromatic rings. The van der Waals surface area contributed by atoms with E-state index in [1.165, 1.54) is 29.2 Å².